The van der Waals surface area contributed by atoms with Crippen LogP contribution in [0.4, 0.5) is 0 Å². The van der Waals surface area contributed by atoms with Crippen LogP contribution in [-0.2, 0) is 0 Å². The summed E-state index contributed by atoms with van der Waals surface area (Å²) in [5.74, 6) is 0. The predicted molar refractivity (Wildman–Crippen MR) is 162 cm³/mol. The van der Waals surface area contributed by atoms with E-state index in [0.717, 1.165) is 16.1 Å². The highest BCUT2D eigenvalue weighted by atomic mass is 32.1. The van der Waals surface area contributed by atoms with Gasteiger partial charge in [-0.15, -0.1) is 11.3 Å². The highest BCUT2D eigenvalue weighted by Crippen LogP contribution is 2.41. The van der Waals surface area contributed by atoms with Crippen molar-refractivity contribution in [2.45, 2.75) is 0 Å². The van der Waals surface area contributed by atoms with Crippen LogP contribution in [0.5, 0.6) is 0 Å². The molecule has 0 aliphatic rings. The molecule has 0 aliphatic carbocycles. The molecule has 2 aromatic heterocycles. The number of thiazole rings is 1. The average molecular weight is 503 g/mol. The van der Waals surface area contributed by atoms with E-state index >= 15 is 0 Å². The van der Waals surface area contributed by atoms with E-state index < -0.39 is 0 Å². The molecule has 0 saturated carbocycles. The van der Waals surface area contributed by atoms with Gasteiger partial charge in [0.25, 0.3) is 0 Å². The highest BCUT2D eigenvalue weighted by molar-refractivity contribution is 7.22. The van der Waals surface area contributed by atoms with E-state index in [9.17, 15) is 0 Å². The Hall–Kier alpha value is -4.73. The van der Waals surface area contributed by atoms with Gasteiger partial charge in [0.1, 0.15) is 5.01 Å². The topological polar surface area (TPSA) is 17.8 Å². The number of rotatable bonds is 3. The molecule has 0 unspecified atom stereocenters. The molecule has 38 heavy (non-hydrogen) atoms. The maximum atomic E-state index is 4.98. The predicted octanol–water partition coefficient (Wildman–Crippen LogP) is 9.88. The largest absolute Gasteiger partial charge is 0.309 e. The third kappa shape index (κ3) is 3.22. The van der Waals surface area contributed by atoms with Crippen LogP contribution in [0.3, 0.4) is 0 Å². The molecule has 0 spiro atoms. The van der Waals surface area contributed by atoms with Crippen molar-refractivity contribution in [3.8, 4) is 27.4 Å². The number of nitrogens with zero attached hydrogens (tertiary/aromatic N) is 2. The molecule has 6 aromatic carbocycles. The van der Waals surface area contributed by atoms with Gasteiger partial charge >= 0.3 is 0 Å². The van der Waals surface area contributed by atoms with E-state index in [1.165, 1.54) is 54.1 Å². The van der Waals surface area contributed by atoms with Gasteiger partial charge in [-0.05, 0) is 35.2 Å². The zero-order valence-corrected chi connectivity index (χ0v) is 21.3. The Morgan fingerprint density at radius 3 is 2.18 bits per heavy atom. The molecular formula is C35H22N2S. The third-order valence-corrected chi connectivity index (χ3v) is 8.57. The number of benzene rings is 6. The normalized spacial score (nSPS) is 11.7. The Morgan fingerprint density at radius 2 is 1.32 bits per heavy atom. The van der Waals surface area contributed by atoms with E-state index in [2.05, 4.69) is 132 Å². The molecule has 0 N–H and O–H groups in total. The molecule has 2 heterocycles. The van der Waals surface area contributed by atoms with Crippen LogP contribution >= 0.6 is 11.3 Å². The van der Waals surface area contributed by atoms with Crippen molar-refractivity contribution < 1.29 is 0 Å². The lowest BCUT2D eigenvalue weighted by Gasteiger charge is -2.10. The summed E-state index contributed by atoms with van der Waals surface area (Å²) in [5.41, 5.74) is 8.26. The second-order valence-electron chi connectivity index (χ2n) is 9.62. The lowest BCUT2D eigenvalue weighted by atomic mass is 10.0. The van der Waals surface area contributed by atoms with Crippen LogP contribution in [0.15, 0.2) is 133 Å². The molecular weight excluding hydrogens is 480 g/mol. The van der Waals surface area contributed by atoms with Crippen LogP contribution in [0.1, 0.15) is 0 Å². The lowest BCUT2D eigenvalue weighted by Crippen LogP contribution is -1.94. The van der Waals surface area contributed by atoms with Gasteiger partial charge in [0.15, 0.2) is 0 Å². The molecule has 0 atom stereocenters. The Morgan fingerprint density at radius 1 is 0.553 bits per heavy atom. The van der Waals surface area contributed by atoms with Gasteiger partial charge in [0.2, 0.25) is 0 Å². The summed E-state index contributed by atoms with van der Waals surface area (Å²) < 4.78 is 3.65. The van der Waals surface area contributed by atoms with Crippen molar-refractivity contribution >= 4 is 54.1 Å². The summed E-state index contributed by atoms with van der Waals surface area (Å²) in [6.45, 7) is 0. The van der Waals surface area contributed by atoms with Crippen molar-refractivity contribution in [2.75, 3.05) is 0 Å². The lowest BCUT2D eigenvalue weighted by molar-refractivity contribution is 1.19. The minimum Gasteiger partial charge on any atom is -0.309 e. The summed E-state index contributed by atoms with van der Waals surface area (Å²) in [6, 6.07) is 47.7. The highest BCUT2D eigenvalue weighted by Gasteiger charge is 2.17. The maximum Gasteiger partial charge on any atom is 0.124 e. The molecule has 2 nitrogen and oxygen atoms in total. The van der Waals surface area contributed by atoms with E-state index in [1.807, 2.05) is 6.07 Å². The second kappa shape index (κ2) is 8.41. The number of para-hydroxylation sites is 1. The minimum absolute atomic E-state index is 1.04. The molecule has 8 aromatic rings. The summed E-state index contributed by atoms with van der Waals surface area (Å²) >= 11 is 1.77. The standard InChI is InChI=1S/C35H22N2S/c1-3-11-24(12-4-1)35-36-31-17-9-16-28(34(31)38-35)25-19-20-29-30-21-18-23-10-7-8-15-27(23)33(30)37(32(29)22-25)26-13-5-2-6-14-26/h1-22H. The van der Waals surface area contributed by atoms with Crippen molar-refractivity contribution in [1.29, 1.82) is 0 Å². The van der Waals surface area contributed by atoms with Gasteiger partial charge in [-0.2, -0.15) is 0 Å². The minimum atomic E-state index is 1.04. The molecule has 0 fully saturated rings. The van der Waals surface area contributed by atoms with E-state index in [1.54, 1.807) is 11.3 Å². The quantitative estimate of drug-likeness (QED) is 0.235. The summed E-state index contributed by atoms with van der Waals surface area (Å²) in [4.78, 5) is 4.98. The van der Waals surface area contributed by atoms with Crippen molar-refractivity contribution in [2.24, 2.45) is 0 Å². The average Bonchev–Trinajstić information content (AvgIpc) is 3.57. The van der Waals surface area contributed by atoms with Gasteiger partial charge in [-0.1, -0.05) is 109 Å². The summed E-state index contributed by atoms with van der Waals surface area (Å²) in [7, 11) is 0. The van der Waals surface area contributed by atoms with E-state index in [-0.39, 0.29) is 0 Å². The van der Waals surface area contributed by atoms with Crippen molar-refractivity contribution in [3.05, 3.63) is 133 Å². The molecule has 0 saturated heterocycles. The van der Waals surface area contributed by atoms with Gasteiger partial charge in [-0.3, -0.25) is 0 Å². The first-order valence-corrected chi connectivity index (χ1v) is 13.6. The first-order chi connectivity index (χ1) is 18.8. The van der Waals surface area contributed by atoms with Crippen LogP contribution in [0.25, 0.3) is 70.2 Å². The first-order valence-electron chi connectivity index (χ1n) is 12.8. The second-order valence-corrected chi connectivity index (χ2v) is 10.6. The van der Waals surface area contributed by atoms with E-state index in [4.69, 9.17) is 4.98 Å². The molecule has 0 amide bonds. The number of aromatic nitrogens is 2. The summed E-state index contributed by atoms with van der Waals surface area (Å²) in [6.07, 6.45) is 0. The van der Waals surface area contributed by atoms with Gasteiger partial charge in [0.05, 0.1) is 21.3 Å². The van der Waals surface area contributed by atoms with Crippen molar-refractivity contribution in [3.63, 3.8) is 0 Å². The number of hydrogen-bond donors (Lipinski definition) is 0. The molecule has 0 bridgehead atoms. The fraction of sp³-hybridized carbons (Fsp3) is 0. The van der Waals surface area contributed by atoms with Crippen LogP contribution in [0.2, 0.25) is 0 Å². The Kier molecular flexibility index (Phi) is 4.73. The Labute approximate surface area is 224 Å². The Balaban J connectivity index is 1.43. The van der Waals surface area contributed by atoms with Crippen molar-refractivity contribution in [1.82, 2.24) is 9.55 Å². The molecule has 0 radical (unpaired) electrons. The Bertz CT molecular complexity index is 2120. The van der Waals surface area contributed by atoms with Crippen LogP contribution in [0, 0.1) is 0 Å². The first kappa shape index (κ1) is 21.4. The molecule has 178 valence electrons. The number of hydrogen-bond acceptors (Lipinski definition) is 2. The monoisotopic (exact) mass is 502 g/mol. The van der Waals surface area contributed by atoms with Crippen LogP contribution in [-0.4, -0.2) is 9.55 Å². The van der Waals surface area contributed by atoms with Gasteiger partial charge < -0.3 is 4.57 Å². The molecule has 3 heteroatoms. The number of fused-ring (bicyclic) bond motifs is 6. The smallest absolute Gasteiger partial charge is 0.124 e. The maximum absolute atomic E-state index is 4.98. The van der Waals surface area contributed by atoms with E-state index in [0.29, 0.717) is 0 Å². The SMILES string of the molecule is c1ccc(-c2nc3cccc(-c4ccc5c6ccc7ccccc7c6n(-c6ccccc6)c5c4)c3s2)cc1. The van der Waals surface area contributed by atoms with Crippen LogP contribution < -0.4 is 0 Å². The fourth-order valence-electron chi connectivity index (χ4n) is 5.67. The van der Waals surface area contributed by atoms with Gasteiger partial charge in [-0.25, -0.2) is 4.98 Å². The molecule has 0 aliphatic heterocycles. The third-order valence-electron chi connectivity index (χ3n) is 7.41. The zero-order chi connectivity index (χ0) is 25.1. The zero-order valence-electron chi connectivity index (χ0n) is 20.5. The van der Waals surface area contributed by atoms with Gasteiger partial charge in [0, 0.05) is 33.0 Å². The summed E-state index contributed by atoms with van der Waals surface area (Å²) in [5, 5.41) is 6.11. The fourth-order valence-corrected chi connectivity index (χ4v) is 6.78. The molecule has 8 rings (SSSR count).